The maximum absolute atomic E-state index is 12.1. The lowest BCUT2D eigenvalue weighted by atomic mass is 10.2. The van der Waals surface area contributed by atoms with Crippen LogP contribution in [0, 0.1) is 11.3 Å². The molecule has 2 aromatic rings. The van der Waals surface area contributed by atoms with Gasteiger partial charge in [-0.05, 0) is 42.8 Å². The van der Waals surface area contributed by atoms with Crippen molar-refractivity contribution in [3.8, 4) is 17.6 Å². The summed E-state index contributed by atoms with van der Waals surface area (Å²) in [5.41, 5.74) is 0.640. The van der Waals surface area contributed by atoms with E-state index in [1.54, 1.807) is 24.3 Å². The van der Waals surface area contributed by atoms with E-state index in [1.807, 2.05) is 36.4 Å². The molecule has 2 rings (SSSR count). The van der Waals surface area contributed by atoms with E-state index in [-0.39, 0.29) is 5.57 Å². The zero-order valence-corrected chi connectivity index (χ0v) is 14.2. The minimum atomic E-state index is -0.441. The molecule has 0 aliphatic heterocycles. The summed E-state index contributed by atoms with van der Waals surface area (Å²) in [4.78, 5) is 12.1. The van der Waals surface area contributed by atoms with Crippen molar-refractivity contribution in [1.29, 1.82) is 5.26 Å². The van der Waals surface area contributed by atoms with Gasteiger partial charge in [0.2, 0.25) is 0 Å². The molecule has 0 saturated carbocycles. The molecule has 0 aliphatic rings. The van der Waals surface area contributed by atoms with Gasteiger partial charge in [0.15, 0.2) is 0 Å². The number of benzene rings is 2. The summed E-state index contributed by atoms with van der Waals surface area (Å²) >= 11 is 0. The van der Waals surface area contributed by atoms with Crippen molar-refractivity contribution in [1.82, 2.24) is 5.32 Å². The van der Waals surface area contributed by atoms with Gasteiger partial charge < -0.3 is 15.4 Å². The first-order valence-corrected chi connectivity index (χ1v) is 8.21. The van der Waals surface area contributed by atoms with Crippen LogP contribution in [0.4, 0.5) is 5.69 Å². The van der Waals surface area contributed by atoms with E-state index in [1.165, 1.54) is 6.20 Å². The zero-order valence-electron chi connectivity index (χ0n) is 14.2. The average molecular weight is 335 g/mol. The lowest BCUT2D eigenvalue weighted by molar-refractivity contribution is -0.112. The molecule has 0 radical (unpaired) electrons. The van der Waals surface area contributed by atoms with Crippen molar-refractivity contribution in [2.24, 2.45) is 0 Å². The maximum atomic E-state index is 12.1. The highest BCUT2D eigenvalue weighted by atomic mass is 16.5. The molecule has 5 nitrogen and oxygen atoms in total. The highest BCUT2D eigenvalue weighted by molar-refractivity contribution is 6.06. The predicted octanol–water partition coefficient (Wildman–Crippen LogP) is 4.21. The molecular weight excluding hydrogens is 314 g/mol. The maximum Gasteiger partial charge on any atom is 0.267 e. The third-order valence-corrected chi connectivity index (χ3v) is 3.38. The van der Waals surface area contributed by atoms with Crippen LogP contribution in [0.3, 0.4) is 0 Å². The number of anilines is 1. The molecule has 128 valence electrons. The molecule has 0 aliphatic carbocycles. The first kappa shape index (κ1) is 18.1. The molecule has 1 amide bonds. The Hall–Kier alpha value is -3.26. The Morgan fingerprint density at radius 2 is 1.80 bits per heavy atom. The Balaban J connectivity index is 1.93. The molecule has 0 unspecified atom stereocenters. The minimum Gasteiger partial charge on any atom is -0.457 e. The van der Waals surface area contributed by atoms with E-state index in [2.05, 4.69) is 17.6 Å². The molecule has 2 aromatic carbocycles. The summed E-state index contributed by atoms with van der Waals surface area (Å²) in [5.74, 6) is 0.969. The van der Waals surface area contributed by atoms with Crippen LogP contribution < -0.4 is 15.4 Å². The summed E-state index contributed by atoms with van der Waals surface area (Å²) in [7, 11) is 0. The number of amides is 1. The van der Waals surface area contributed by atoms with Crippen molar-refractivity contribution in [3.05, 3.63) is 66.4 Å². The molecule has 2 N–H and O–H groups in total. The van der Waals surface area contributed by atoms with Gasteiger partial charge in [-0.3, -0.25) is 4.79 Å². The topological polar surface area (TPSA) is 74.2 Å². The zero-order chi connectivity index (χ0) is 17.9. The lowest BCUT2D eigenvalue weighted by Gasteiger charge is -2.08. The molecule has 0 saturated heterocycles. The van der Waals surface area contributed by atoms with Crippen LogP contribution in [-0.2, 0) is 4.79 Å². The van der Waals surface area contributed by atoms with E-state index in [0.717, 1.165) is 25.1 Å². The van der Waals surface area contributed by atoms with Crippen molar-refractivity contribution in [2.45, 2.75) is 19.8 Å². The quantitative estimate of drug-likeness (QED) is 0.430. The fraction of sp³-hybridized carbons (Fsp3) is 0.200. The van der Waals surface area contributed by atoms with Gasteiger partial charge in [0.1, 0.15) is 23.1 Å². The molecular formula is C20H21N3O2. The average Bonchev–Trinajstić information content (AvgIpc) is 2.64. The molecule has 0 aromatic heterocycles. The van der Waals surface area contributed by atoms with Crippen LogP contribution in [-0.4, -0.2) is 12.5 Å². The van der Waals surface area contributed by atoms with Gasteiger partial charge in [0, 0.05) is 18.4 Å². The number of para-hydroxylation sites is 1. The van der Waals surface area contributed by atoms with Crippen LogP contribution in [0.25, 0.3) is 0 Å². The van der Waals surface area contributed by atoms with Crippen LogP contribution >= 0.6 is 0 Å². The molecule has 25 heavy (non-hydrogen) atoms. The van der Waals surface area contributed by atoms with E-state index in [0.29, 0.717) is 11.4 Å². The number of carbonyl (C=O) groups excluding carboxylic acids is 1. The molecule has 0 atom stereocenters. The number of carbonyl (C=O) groups is 1. The first-order valence-electron chi connectivity index (χ1n) is 8.21. The van der Waals surface area contributed by atoms with Crippen LogP contribution in [0.1, 0.15) is 19.8 Å². The number of rotatable bonds is 8. The van der Waals surface area contributed by atoms with Gasteiger partial charge in [-0.25, -0.2) is 0 Å². The molecule has 0 heterocycles. The Morgan fingerprint density at radius 3 is 2.44 bits per heavy atom. The summed E-state index contributed by atoms with van der Waals surface area (Å²) in [6.45, 7) is 2.81. The number of nitriles is 1. The summed E-state index contributed by atoms with van der Waals surface area (Å²) in [5, 5.41) is 14.8. The van der Waals surface area contributed by atoms with Gasteiger partial charge in [-0.15, -0.1) is 0 Å². The smallest absolute Gasteiger partial charge is 0.267 e. The van der Waals surface area contributed by atoms with Crippen molar-refractivity contribution in [3.63, 3.8) is 0 Å². The van der Waals surface area contributed by atoms with Crippen molar-refractivity contribution >= 4 is 11.6 Å². The van der Waals surface area contributed by atoms with E-state index >= 15 is 0 Å². The fourth-order valence-corrected chi connectivity index (χ4v) is 2.03. The van der Waals surface area contributed by atoms with Gasteiger partial charge in [-0.1, -0.05) is 31.5 Å². The van der Waals surface area contributed by atoms with E-state index < -0.39 is 5.91 Å². The lowest BCUT2D eigenvalue weighted by Crippen LogP contribution is -2.17. The number of ether oxygens (including phenoxy) is 1. The predicted molar refractivity (Wildman–Crippen MR) is 98.2 cm³/mol. The second kappa shape index (κ2) is 9.78. The summed E-state index contributed by atoms with van der Waals surface area (Å²) < 4.78 is 5.70. The third-order valence-electron chi connectivity index (χ3n) is 3.38. The van der Waals surface area contributed by atoms with Gasteiger partial charge >= 0.3 is 0 Å². The van der Waals surface area contributed by atoms with Gasteiger partial charge in [0.25, 0.3) is 5.91 Å². The standard InChI is InChI=1S/C20H21N3O2/c1-2-3-13-22-15-16(14-21)20(24)23-17-9-11-19(12-10-17)25-18-7-5-4-6-8-18/h4-12,15,22H,2-3,13H2,1H3,(H,23,24)/b16-15-. The molecule has 5 heteroatoms. The first-order chi connectivity index (χ1) is 12.2. The summed E-state index contributed by atoms with van der Waals surface area (Å²) in [6.07, 6.45) is 3.49. The van der Waals surface area contributed by atoms with Crippen LogP contribution in [0.5, 0.6) is 11.5 Å². The Morgan fingerprint density at radius 1 is 1.12 bits per heavy atom. The molecule has 0 bridgehead atoms. The van der Waals surface area contributed by atoms with E-state index in [9.17, 15) is 4.79 Å². The Kier molecular flexibility index (Phi) is 7.08. The Labute approximate surface area is 147 Å². The fourth-order valence-electron chi connectivity index (χ4n) is 2.03. The number of unbranched alkanes of at least 4 members (excludes halogenated alkanes) is 1. The number of hydrogen-bond acceptors (Lipinski definition) is 4. The van der Waals surface area contributed by atoms with Crippen LogP contribution in [0.2, 0.25) is 0 Å². The van der Waals surface area contributed by atoms with Gasteiger partial charge in [0.05, 0.1) is 0 Å². The largest absolute Gasteiger partial charge is 0.457 e. The highest BCUT2D eigenvalue weighted by Crippen LogP contribution is 2.22. The van der Waals surface area contributed by atoms with Crippen molar-refractivity contribution in [2.75, 3.05) is 11.9 Å². The number of nitrogens with zero attached hydrogens (tertiary/aromatic N) is 1. The molecule has 0 spiro atoms. The second-order valence-corrected chi connectivity index (χ2v) is 5.37. The summed E-state index contributed by atoms with van der Waals surface area (Å²) in [6, 6.07) is 18.3. The highest BCUT2D eigenvalue weighted by Gasteiger charge is 2.09. The number of nitrogens with one attached hydrogen (secondary N) is 2. The van der Waals surface area contributed by atoms with Crippen molar-refractivity contribution < 1.29 is 9.53 Å². The minimum absolute atomic E-state index is 0.0423. The second-order valence-electron chi connectivity index (χ2n) is 5.37. The number of hydrogen-bond donors (Lipinski definition) is 2. The van der Waals surface area contributed by atoms with Gasteiger partial charge in [-0.2, -0.15) is 5.26 Å². The normalized spacial score (nSPS) is 10.6. The SMILES string of the molecule is CCCCN/C=C(/C#N)C(=O)Nc1ccc(Oc2ccccc2)cc1. The monoisotopic (exact) mass is 335 g/mol. The van der Waals surface area contributed by atoms with E-state index in [4.69, 9.17) is 10.00 Å². The third kappa shape index (κ3) is 6.04. The Bertz CT molecular complexity index is 747. The molecule has 0 fully saturated rings. The van der Waals surface area contributed by atoms with Crippen LogP contribution in [0.15, 0.2) is 66.4 Å².